The van der Waals surface area contributed by atoms with Crippen molar-refractivity contribution in [1.82, 2.24) is 0 Å². The molecule has 8 heteroatoms. The van der Waals surface area contributed by atoms with Crippen molar-refractivity contribution < 1.29 is 27.7 Å². The van der Waals surface area contributed by atoms with Gasteiger partial charge in [0.1, 0.15) is 6.79 Å². The van der Waals surface area contributed by atoms with Gasteiger partial charge in [-0.3, -0.25) is 0 Å². The third-order valence-electron chi connectivity index (χ3n) is 7.50. The van der Waals surface area contributed by atoms with E-state index in [-0.39, 0.29) is 5.41 Å². The molecule has 0 radical (unpaired) electrons. The van der Waals surface area contributed by atoms with Crippen LogP contribution in [0.15, 0.2) is 12.1 Å². The number of ether oxygens (including phenoxy) is 3. The summed E-state index contributed by atoms with van der Waals surface area (Å²) in [4.78, 5) is 4.08. The van der Waals surface area contributed by atoms with Crippen molar-refractivity contribution in [3.05, 3.63) is 23.3 Å². The summed E-state index contributed by atoms with van der Waals surface area (Å²) >= 11 is 0.677. The lowest BCUT2D eigenvalue weighted by Gasteiger charge is -2.50. The summed E-state index contributed by atoms with van der Waals surface area (Å²) in [5, 5.41) is 0. The third kappa shape index (κ3) is 3.86. The van der Waals surface area contributed by atoms with Gasteiger partial charge in [0.2, 0.25) is 0 Å². The molecule has 2 N–H and O–H groups in total. The second-order valence-electron chi connectivity index (χ2n) is 8.62. The molecule has 2 saturated carbocycles. The molecular weight excluding hydrogens is 394 g/mol. The van der Waals surface area contributed by atoms with E-state index in [0.717, 1.165) is 12.8 Å². The smallest absolute Gasteiger partial charge is 0.260 e. The Balaban J connectivity index is 1.56. The standard InChI is InChI=1S/C21H31NO6S/c1-21-9-8-14-15(17(21)6-7-20(21)25-12-23-2)5-4-13-10-19(26-29-28-27-22)18(24-3)11-16(13)14/h10-11,14-15,17,20H,4-9,12,22H2,1-3H3/t14-,15+,17-,20-,21-/m0/s1. The molecule has 5 atom stereocenters. The van der Waals surface area contributed by atoms with Crippen molar-refractivity contribution in [2.24, 2.45) is 23.1 Å². The average Bonchev–Trinajstić information content (AvgIpc) is 3.07. The van der Waals surface area contributed by atoms with Crippen molar-refractivity contribution in [1.29, 1.82) is 0 Å². The molecule has 1 aromatic rings. The highest BCUT2D eigenvalue weighted by atomic mass is 32.2. The zero-order chi connectivity index (χ0) is 20.4. The molecule has 1 aromatic carbocycles. The SMILES string of the molecule is COCO[C@H]1CC[C@H]2[C@@H]3CCc4cc(OSOON)c(OC)cc4[C@H]3CC[C@]12C. The highest BCUT2D eigenvalue weighted by Crippen LogP contribution is 2.62. The lowest BCUT2D eigenvalue weighted by Crippen LogP contribution is -2.44. The Labute approximate surface area is 176 Å². The minimum Gasteiger partial charge on any atom is -0.493 e. The molecule has 4 rings (SSSR count). The molecule has 0 heterocycles. The van der Waals surface area contributed by atoms with Gasteiger partial charge in [0.05, 0.1) is 13.2 Å². The molecule has 0 aliphatic heterocycles. The number of rotatable bonds is 8. The van der Waals surface area contributed by atoms with Crippen molar-refractivity contribution in [3.8, 4) is 11.5 Å². The maximum atomic E-state index is 6.08. The Hall–Kier alpha value is -1.03. The summed E-state index contributed by atoms with van der Waals surface area (Å²) in [6.45, 7) is 2.83. The Kier molecular flexibility index (Phi) is 6.58. The lowest BCUT2D eigenvalue weighted by molar-refractivity contribution is -0.199. The van der Waals surface area contributed by atoms with Crippen LogP contribution in [0.4, 0.5) is 0 Å². The molecular formula is C21H31NO6S. The maximum Gasteiger partial charge on any atom is 0.260 e. The normalized spacial score (nSPS) is 33.0. The fraction of sp³-hybridized carbons (Fsp3) is 0.714. The molecule has 0 saturated heterocycles. The zero-order valence-corrected chi connectivity index (χ0v) is 18.2. The summed E-state index contributed by atoms with van der Waals surface area (Å²) in [6, 6.07) is 4.23. The molecule has 0 amide bonds. The summed E-state index contributed by atoms with van der Waals surface area (Å²) in [5.74, 6) is 8.16. The van der Waals surface area contributed by atoms with E-state index in [2.05, 4.69) is 28.4 Å². The van der Waals surface area contributed by atoms with E-state index in [1.54, 1.807) is 14.2 Å². The number of aryl methyl sites for hydroxylation is 1. The Morgan fingerprint density at radius 2 is 2.00 bits per heavy atom. The van der Waals surface area contributed by atoms with Crippen LogP contribution >= 0.6 is 12.3 Å². The van der Waals surface area contributed by atoms with E-state index in [1.807, 2.05) is 0 Å². The third-order valence-corrected chi connectivity index (χ3v) is 7.88. The van der Waals surface area contributed by atoms with Crippen LogP contribution in [-0.4, -0.2) is 27.1 Å². The molecule has 0 spiro atoms. The molecule has 0 aromatic heterocycles. The van der Waals surface area contributed by atoms with E-state index in [1.165, 1.54) is 36.8 Å². The maximum absolute atomic E-state index is 6.08. The van der Waals surface area contributed by atoms with Gasteiger partial charge in [-0.25, -0.2) is 0 Å². The van der Waals surface area contributed by atoms with Crippen LogP contribution in [0.3, 0.4) is 0 Å². The van der Waals surface area contributed by atoms with E-state index >= 15 is 0 Å². The van der Waals surface area contributed by atoms with Crippen LogP contribution in [0.1, 0.15) is 56.1 Å². The molecule has 7 nitrogen and oxygen atoms in total. The highest BCUT2D eigenvalue weighted by molar-refractivity contribution is 7.90. The van der Waals surface area contributed by atoms with E-state index < -0.39 is 0 Å². The van der Waals surface area contributed by atoms with Crippen LogP contribution in [-0.2, 0) is 25.2 Å². The quantitative estimate of drug-likeness (QED) is 0.217. The Bertz CT molecular complexity index is 719. The van der Waals surface area contributed by atoms with Crippen molar-refractivity contribution in [2.75, 3.05) is 21.0 Å². The van der Waals surface area contributed by atoms with Gasteiger partial charge in [-0.05, 0) is 85.0 Å². The second-order valence-corrected chi connectivity index (χ2v) is 9.06. The van der Waals surface area contributed by atoms with E-state index in [4.69, 9.17) is 24.3 Å². The van der Waals surface area contributed by atoms with Gasteiger partial charge < -0.3 is 18.4 Å². The van der Waals surface area contributed by atoms with Crippen molar-refractivity contribution in [2.45, 2.75) is 57.5 Å². The molecule has 0 unspecified atom stereocenters. The largest absolute Gasteiger partial charge is 0.493 e. The van der Waals surface area contributed by atoms with Crippen LogP contribution < -0.4 is 14.8 Å². The molecule has 2 fully saturated rings. The van der Waals surface area contributed by atoms with Gasteiger partial charge in [-0.1, -0.05) is 6.92 Å². The predicted octanol–water partition coefficient (Wildman–Crippen LogP) is 4.30. The van der Waals surface area contributed by atoms with Gasteiger partial charge >= 0.3 is 0 Å². The number of methoxy groups -OCH3 is 2. The molecule has 29 heavy (non-hydrogen) atoms. The van der Waals surface area contributed by atoms with Gasteiger partial charge in [-0.2, -0.15) is 5.90 Å². The fourth-order valence-electron chi connectivity index (χ4n) is 6.24. The first kappa shape index (κ1) is 21.2. The summed E-state index contributed by atoms with van der Waals surface area (Å²) < 4.78 is 27.0. The van der Waals surface area contributed by atoms with Crippen LogP contribution in [0.5, 0.6) is 11.5 Å². The molecule has 0 bridgehead atoms. The number of benzene rings is 1. The minimum absolute atomic E-state index is 0.251. The average molecular weight is 426 g/mol. The number of hydrogen-bond acceptors (Lipinski definition) is 8. The van der Waals surface area contributed by atoms with Crippen molar-refractivity contribution >= 4 is 12.3 Å². The van der Waals surface area contributed by atoms with Gasteiger partial charge in [0.15, 0.2) is 11.5 Å². The second kappa shape index (κ2) is 8.99. The minimum atomic E-state index is 0.251. The first-order valence-corrected chi connectivity index (χ1v) is 11.0. The van der Waals surface area contributed by atoms with Gasteiger partial charge in [0, 0.05) is 7.11 Å². The van der Waals surface area contributed by atoms with Crippen LogP contribution in [0.25, 0.3) is 0 Å². The number of hydrogen-bond donors (Lipinski definition) is 1. The van der Waals surface area contributed by atoms with E-state index in [0.29, 0.717) is 54.5 Å². The highest BCUT2D eigenvalue weighted by Gasteiger charge is 2.55. The molecule has 3 aliphatic rings. The van der Waals surface area contributed by atoms with Gasteiger partial charge in [0.25, 0.3) is 12.3 Å². The monoisotopic (exact) mass is 425 g/mol. The lowest BCUT2D eigenvalue weighted by atomic mass is 9.55. The van der Waals surface area contributed by atoms with Crippen molar-refractivity contribution in [3.63, 3.8) is 0 Å². The summed E-state index contributed by atoms with van der Waals surface area (Å²) in [6.07, 6.45) is 7.30. The fourth-order valence-corrected chi connectivity index (χ4v) is 6.51. The first-order valence-electron chi connectivity index (χ1n) is 10.3. The Morgan fingerprint density at radius 3 is 2.76 bits per heavy atom. The predicted molar refractivity (Wildman–Crippen MR) is 109 cm³/mol. The Morgan fingerprint density at radius 1 is 1.14 bits per heavy atom. The van der Waals surface area contributed by atoms with E-state index in [9.17, 15) is 0 Å². The number of nitrogens with two attached hydrogens (primary N) is 1. The molecule has 162 valence electrons. The zero-order valence-electron chi connectivity index (χ0n) is 17.3. The van der Waals surface area contributed by atoms with Gasteiger partial charge in [-0.15, -0.1) is 9.32 Å². The first-order chi connectivity index (χ1) is 14.1. The topological polar surface area (TPSA) is 81.4 Å². The van der Waals surface area contributed by atoms with Crippen LogP contribution in [0, 0.1) is 17.3 Å². The summed E-state index contributed by atoms with van der Waals surface area (Å²) in [7, 11) is 3.36. The number of fused-ring (bicyclic) bond motifs is 5. The van der Waals surface area contributed by atoms with Crippen LogP contribution in [0.2, 0.25) is 0 Å². The molecule has 3 aliphatic carbocycles. The summed E-state index contributed by atoms with van der Waals surface area (Å²) in [5.41, 5.74) is 3.00.